The standard InChI is InChI=1S/C7H8FN3O/c8-5-1-2-6(10-4-5)3-7(12)11-9/h1-2,4H,3,9H2,(H,11,12). The summed E-state index contributed by atoms with van der Waals surface area (Å²) in [5, 5.41) is 0. The number of nitrogens with one attached hydrogen (secondary N) is 1. The monoisotopic (exact) mass is 169 g/mol. The van der Waals surface area contributed by atoms with E-state index in [1.165, 1.54) is 12.1 Å². The van der Waals surface area contributed by atoms with Gasteiger partial charge in [0.05, 0.1) is 12.6 Å². The highest BCUT2D eigenvalue weighted by Crippen LogP contribution is 1.98. The van der Waals surface area contributed by atoms with Crippen LogP contribution in [-0.2, 0) is 11.2 Å². The summed E-state index contributed by atoms with van der Waals surface area (Å²) in [5.41, 5.74) is 2.44. The first-order chi connectivity index (χ1) is 5.72. The molecule has 0 saturated carbocycles. The van der Waals surface area contributed by atoms with Crippen molar-refractivity contribution in [1.29, 1.82) is 0 Å². The lowest BCUT2D eigenvalue weighted by atomic mass is 10.2. The van der Waals surface area contributed by atoms with E-state index in [0.29, 0.717) is 5.69 Å². The van der Waals surface area contributed by atoms with E-state index in [1.807, 2.05) is 5.43 Å². The summed E-state index contributed by atoms with van der Waals surface area (Å²) in [6.45, 7) is 0. The molecule has 0 spiro atoms. The van der Waals surface area contributed by atoms with Crippen LogP contribution in [0.3, 0.4) is 0 Å². The van der Waals surface area contributed by atoms with Crippen LogP contribution in [0, 0.1) is 5.82 Å². The minimum Gasteiger partial charge on any atom is -0.294 e. The van der Waals surface area contributed by atoms with Crippen LogP contribution in [-0.4, -0.2) is 10.9 Å². The average Bonchev–Trinajstić information content (AvgIpc) is 2.09. The van der Waals surface area contributed by atoms with Crippen molar-refractivity contribution < 1.29 is 9.18 Å². The molecule has 0 unspecified atom stereocenters. The zero-order chi connectivity index (χ0) is 8.97. The zero-order valence-corrected chi connectivity index (χ0v) is 6.25. The van der Waals surface area contributed by atoms with Gasteiger partial charge in [-0.1, -0.05) is 0 Å². The van der Waals surface area contributed by atoms with E-state index in [2.05, 4.69) is 4.98 Å². The van der Waals surface area contributed by atoms with Gasteiger partial charge in [0.15, 0.2) is 0 Å². The van der Waals surface area contributed by atoms with Gasteiger partial charge >= 0.3 is 0 Å². The number of carbonyl (C=O) groups is 1. The number of amides is 1. The van der Waals surface area contributed by atoms with Crippen molar-refractivity contribution in [3.8, 4) is 0 Å². The molecule has 0 atom stereocenters. The van der Waals surface area contributed by atoms with E-state index in [4.69, 9.17) is 5.84 Å². The first-order valence-electron chi connectivity index (χ1n) is 3.32. The third kappa shape index (κ3) is 2.28. The van der Waals surface area contributed by atoms with Gasteiger partial charge in [-0.15, -0.1) is 0 Å². The number of carbonyl (C=O) groups excluding carboxylic acids is 1. The third-order valence-corrected chi connectivity index (χ3v) is 1.29. The van der Waals surface area contributed by atoms with Gasteiger partial charge in [0.1, 0.15) is 5.82 Å². The fraction of sp³-hybridized carbons (Fsp3) is 0.143. The lowest BCUT2D eigenvalue weighted by Gasteiger charge is -1.97. The minimum absolute atomic E-state index is 0.0662. The Morgan fingerprint density at radius 1 is 1.67 bits per heavy atom. The van der Waals surface area contributed by atoms with Gasteiger partial charge in [0, 0.05) is 5.69 Å². The van der Waals surface area contributed by atoms with Crippen LogP contribution in [0.15, 0.2) is 18.3 Å². The van der Waals surface area contributed by atoms with Crippen LogP contribution in [0.25, 0.3) is 0 Å². The smallest absolute Gasteiger partial charge is 0.239 e. The molecule has 64 valence electrons. The quantitative estimate of drug-likeness (QED) is 0.364. The molecule has 1 heterocycles. The van der Waals surface area contributed by atoms with Crippen LogP contribution in [0.1, 0.15) is 5.69 Å². The highest BCUT2D eigenvalue weighted by atomic mass is 19.1. The molecule has 0 aliphatic rings. The predicted octanol–water partition coefficient (Wildman–Crippen LogP) is -0.247. The average molecular weight is 169 g/mol. The van der Waals surface area contributed by atoms with Gasteiger partial charge in [0.2, 0.25) is 5.91 Å². The number of rotatable bonds is 2. The van der Waals surface area contributed by atoms with Gasteiger partial charge in [-0.2, -0.15) is 0 Å². The number of nitrogens with zero attached hydrogens (tertiary/aromatic N) is 1. The van der Waals surface area contributed by atoms with E-state index in [0.717, 1.165) is 6.20 Å². The second-order valence-corrected chi connectivity index (χ2v) is 2.21. The van der Waals surface area contributed by atoms with E-state index in [1.54, 1.807) is 0 Å². The molecule has 1 amide bonds. The second kappa shape index (κ2) is 3.77. The molecule has 4 nitrogen and oxygen atoms in total. The highest BCUT2D eigenvalue weighted by Gasteiger charge is 2.01. The summed E-state index contributed by atoms with van der Waals surface area (Å²) < 4.78 is 12.3. The van der Waals surface area contributed by atoms with Crippen molar-refractivity contribution in [2.45, 2.75) is 6.42 Å². The Morgan fingerprint density at radius 3 is 2.92 bits per heavy atom. The predicted molar refractivity (Wildman–Crippen MR) is 40.2 cm³/mol. The maximum atomic E-state index is 12.3. The SMILES string of the molecule is NNC(=O)Cc1ccc(F)cn1. The number of pyridine rings is 1. The molecule has 0 fully saturated rings. The molecular formula is C7H8FN3O. The first-order valence-corrected chi connectivity index (χ1v) is 3.32. The Bertz CT molecular complexity index is 272. The first kappa shape index (κ1) is 8.61. The Labute approximate surface area is 68.6 Å². The molecule has 0 bridgehead atoms. The van der Waals surface area contributed by atoms with E-state index < -0.39 is 5.82 Å². The number of hydrazine groups is 1. The van der Waals surface area contributed by atoms with Crippen molar-refractivity contribution in [1.82, 2.24) is 10.4 Å². The van der Waals surface area contributed by atoms with Crippen molar-refractivity contribution in [3.05, 3.63) is 29.8 Å². The van der Waals surface area contributed by atoms with E-state index in [-0.39, 0.29) is 12.3 Å². The molecule has 5 heteroatoms. The molecule has 12 heavy (non-hydrogen) atoms. The van der Waals surface area contributed by atoms with Crippen LogP contribution in [0.2, 0.25) is 0 Å². The van der Waals surface area contributed by atoms with Crippen molar-refractivity contribution >= 4 is 5.91 Å². The molecule has 1 aromatic rings. The summed E-state index contributed by atoms with van der Waals surface area (Å²) >= 11 is 0. The van der Waals surface area contributed by atoms with Gasteiger partial charge in [-0.3, -0.25) is 15.2 Å². The summed E-state index contributed by atoms with van der Waals surface area (Å²) in [6, 6.07) is 2.68. The van der Waals surface area contributed by atoms with Crippen molar-refractivity contribution in [2.24, 2.45) is 5.84 Å². The molecule has 1 aromatic heterocycles. The van der Waals surface area contributed by atoms with Crippen molar-refractivity contribution in [3.63, 3.8) is 0 Å². The molecule has 1 rings (SSSR count). The maximum Gasteiger partial charge on any atom is 0.239 e. The molecule has 3 N–H and O–H groups in total. The fourth-order valence-corrected chi connectivity index (χ4v) is 0.727. The fourth-order valence-electron chi connectivity index (χ4n) is 0.727. The van der Waals surface area contributed by atoms with E-state index >= 15 is 0 Å². The third-order valence-electron chi connectivity index (χ3n) is 1.29. The Hall–Kier alpha value is -1.49. The van der Waals surface area contributed by atoms with Gasteiger partial charge in [0.25, 0.3) is 0 Å². The van der Waals surface area contributed by atoms with Gasteiger partial charge < -0.3 is 0 Å². The van der Waals surface area contributed by atoms with Gasteiger partial charge in [-0.05, 0) is 12.1 Å². The molecule has 0 aliphatic carbocycles. The summed E-state index contributed by atoms with van der Waals surface area (Å²) in [7, 11) is 0. The van der Waals surface area contributed by atoms with Crippen LogP contribution in [0.4, 0.5) is 4.39 Å². The molecule has 0 radical (unpaired) electrons. The number of hydrogen-bond donors (Lipinski definition) is 2. The normalized spacial score (nSPS) is 9.50. The number of hydrogen-bond acceptors (Lipinski definition) is 3. The lowest BCUT2D eigenvalue weighted by molar-refractivity contribution is -0.120. The maximum absolute atomic E-state index is 12.3. The van der Waals surface area contributed by atoms with Crippen molar-refractivity contribution in [2.75, 3.05) is 0 Å². The molecule has 0 aromatic carbocycles. The van der Waals surface area contributed by atoms with E-state index in [9.17, 15) is 9.18 Å². The Morgan fingerprint density at radius 2 is 2.42 bits per heavy atom. The summed E-state index contributed by atoms with van der Waals surface area (Å²) in [6.07, 6.45) is 1.12. The second-order valence-electron chi connectivity index (χ2n) is 2.21. The summed E-state index contributed by atoms with van der Waals surface area (Å²) in [5.74, 6) is 4.07. The van der Waals surface area contributed by atoms with Gasteiger partial charge in [-0.25, -0.2) is 10.2 Å². The molecular weight excluding hydrogens is 161 g/mol. The van der Waals surface area contributed by atoms with Crippen LogP contribution >= 0.6 is 0 Å². The molecule has 0 aliphatic heterocycles. The van der Waals surface area contributed by atoms with Crippen LogP contribution < -0.4 is 11.3 Å². The number of nitrogens with two attached hydrogens (primary N) is 1. The minimum atomic E-state index is -0.424. The number of aromatic nitrogens is 1. The largest absolute Gasteiger partial charge is 0.294 e. The number of halogens is 1. The Balaban J connectivity index is 2.64. The topological polar surface area (TPSA) is 68.0 Å². The Kier molecular flexibility index (Phi) is 2.71. The zero-order valence-electron chi connectivity index (χ0n) is 6.25. The molecule has 0 saturated heterocycles. The summed E-state index contributed by atoms with van der Waals surface area (Å²) in [4.78, 5) is 14.4. The lowest BCUT2D eigenvalue weighted by Crippen LogP contribution is -2.31. The highest BCUT2D eigenvalue weighted by molar-refractivity contribution is 5.77. The van der Waals surface area contributed by atoms with Crippen LogP contribution in [0.5, 0.6) is 0 Å².